The molecule has 0 radical (unpaired) electrons. The van der Waals surface area contributed by atoms with Crippen molar-refractivity contribution in [3.05, 3.63) is 34.5 Å². The van der Waals surface area contributed by atoms with Gasteiger partial charge in [0.1, 0.15) is 12.7 Å². The highest BCUT2D eigenvalue weighted by molar-refractivity contribution is 7.12. The summed E-state index contributed by atoms with van der Waals surface area (Å²) in [6, 6.07) is 1.95. The van der Waals surface area contributed by atoms with Crippen LogP contribution < -0.4 is 5.32 Å². The fourth-order valence-corrected chi connectivity index (χ4v) is 2.32. The van der Waals surface area contributed by atoms with Crippen LogP contribution >= 0.6 is 11.3 Å². The Bertz CT molecular complexity index is 477. The number of rotatable bonds is 5. The molecule has 0 spiro atoms. The lowest BCUT2D eigenvalue weighted by atomic mass is 10.3. The Hall–Kier alpha value is -1.69. The van der Waals surface area contributed by atoms with Crippen LogP contribution in [-0.2, 0) is 6.54 Å². The van der Waals surface area contributed by atoms with Crippen LogP contribution in [-0.4, -0.2) is 27.2 Å². The Labute approximate surface area is 103 Å². The quantitative estimate of drug-likeness (QED) is 0.817. The van der Waals surface area contributed by atoms with Crippen molar-refractivity contribution in [1.29, 1.82) is 0 Å². The van der Waals surface area contributed by atoms with Crippen molar-refractivity contribution in [1.82, 2.24) is 20.1 Å². The largest absolute Gasteiger partial charge is 0.351 e. The summed E-state index contributed by atoms with van der Waals surface area (Å²) in [7, 11) is 0. The maximum absolute atomic E-state index is 11.8. The van der Waals surface area contributed by atoms with Crippen LogP contribution in [0, 0.1) is 6.92 Å². The normalized spacial score (nSPS) is 10.4. The van der Waals surface area contributed by atoms with Gasteiger partial charge in [-0.1, -0.05) is 0 Å². The summed E-state index contributed by atoms with van der Waals surface area (Å²) in [6.45, 7) is 3.36. The lowest BCUT2D eigenvalue weighted by Crippen LogP contribution is -2.25. The first kappa shape index (κ1) is 11.8. The smallest absolute Gasteiger partial charge is 0.261 e. The van der Waals surface area contributed by atoms with Crippen LogP contribution in [0.15, 0.2) is 24.1 Å². The lowest BCUT2D eigenvalue weighted by Gasteiger charge is -2.04. The second-order valence-electron chi connectivity index (χ2n) is 3.70. The summed E-state index contributed by atoms with van der Waals surface area (Å²) in [6.07, 6.45) is 4.03. The number of carbonyl (C=O) groups excluding carboxylic acids is 1. The van der Waals surface area contributed by atoms with E-state index in [0.29, 0.717) is 6.54 Å². The molecule has 0 saturated carbocycles. The summed E-state index contributed by atoms with van der Waals surface area (Å²) < 4.78 is 1.75. The van der Waals surface area contributed by atoms with Crippen molar-refractivity contribution in [3.63, 3.8) is 0 Å². The first-order chi connectivity index (χ1) is 8.27. The number of hydrogen-bond acceptors (Lipinski definition) is 4. The Morgan fingerprint density at radius 3 is 3.12 bits per heavy atom. The van der Waals surface area contributed by atoms with Gasteiger partial charge in [0.25, 0.3) is 5.91 Å². The van der Waals surface area contributed by atoms with E-state index in [9.17, 15) is 4.79 Å². The third kappa shape index (κ3) is 3.13. The van der Waals surface area contributed by atoms with E-state index >= 15 is 0 Å². The van der Waals surface area contributed by atoms with Crippen molar-refractivity contribution in [3.8, 4) is 0 Å². The summed E-state index contributed by atoms with van der Waals surface area (Å²) in [5.41, 5.74) is 1.03. The topological polar surface area (TPSA) is 59.8 Å². The van der Waals surface area contributed by atoms with Crippen LogP contribution in [0.1, 0.15) is 21.7 Å². The van der Waals surface area contributed by atoms with E-state index in [1.165, 1.54) is 17.7 Å². The van der Waals surface area contributed by atoms with E-state index in [1.54, 1.807) is 11.0 Å². The third-order valence-electron chi connectivity index (χ3n) is 2.38. The molecule has 0 bridgehead atoms. The molecule has 1 amide bonds. The number of aryl methyl sites for hydroxylation is 2. The summed E-state index contributed by atoms with van der Waals surface area (Å²) in [4.78, 5) is 16.4. The summed E-state index contributed by atoms with van der Waals surface area (Å²) in [5, 5.41) is 8.82. The maximum Gasteiger partial charge on any atom is 0.261 e. The van der Waals surface area contributed by atoms with Crippen LogP contribution in [0.5, 0.6) is 0 Å². The number of nitrogens with one attached hydrogen (secondary N) is 1. The zero-order valence-corrected chi connectivity index (χ0v) is 10.4. The van der Waals surface area contributed by atoms with Crippen LogP contribution in [0.25, 0.3) is 0 Å². The Morgan fingerprint density at radius 1 is 1.59 bits per heavy atom. The van der Waals surface area contributed by atoms with Crippen LogP contribution in [0.4, 0.5) is 0 Å². The number of thiophene rings is 1. The Kier molecular flexibility index (Phi) is 3.87. The third-order valence-corrected chi connectivity index (χ3v) is 3.40. The molecule has 6 heteroatoms. The zero-order valence-electron chi connectivity index (χ0n) is 9.59. The fourth-order valence-electron chi connectivity index (χ4n) is 1.48. The molecule has 2 aromatic heterocycles. The van der Waals surface area contributed by atoms with Gasteiger partial charge in [-0.2, -0.15) is 5.10 Å². The van der Waals surface area contributed by atoms with Crippen molar-refractivity contribution in [2.75, 3.05) is 6.54 Å². The molecular weight excluding hydrogens is 236 g/mol. The average Bonchev–Trinajstić information content (AvgIpc) is 2.95. The number of hydrogen-bond donors (Lipinski definition) is 1. The highest BCUT2D eigenvalue weighted by Gasteiger charge is 2.08. The van der Waals surface area contributed by atoms with E-state index in [1.807, 2.05) is 18.4 Å². The van der Waals surface area contributed by atoms with E-state index in [0.717, 1.165) is 23.4 Å². The number of aromatic nitrogens is 3. The highest BCUT2D eigenvalue weighted by atomic mass is 32.1. The van der Waals surface area contributed by atoms with Gasteiger partial charge in [0, 0.05) is 13.1 Å². The van der Waals surface area contributed by atoms with Crippen molar-refractivity contribution in [2.24, 2.45) is 0 Å². The number of carbonyl (C=O) groups is 1. The second-order valence-corrected chi connectivity index (χ2v) is 4.62. The molecule has 0 aliphatic rings. The monoisotopic (exact) mass is 250 g/mol. The second kappa shape index (κ2) is 5.58. The summed E-state index contributed by atoms with van der Waals surface area (Å²) >= 11 is 1.47. The van der Waals surface area contributed by atoms with Gasteiger partial charge in [-0.3, -0.25) is 9.48 Å². The molecule has 17 heavy (non-hydrogen) atoms. The predicted molar refractivity (Wildman–Crippen MR) is 66.0 cm³/mol. The highest BCUT2D eigenvalue weighted by Crippen LogP contribution is 2.14. The minimum absolute atomic E-state index is 0.0103. The van der Waals surface area contributed by atoms with E-state index in [4.69, 9.17) is 0 Å². The molecule has 0 fully saturated rings. The van der Waals surface area contributed by atoms with Crippen LogP contribution in [0.2, 0.25) is 0 Å². The van der Waals surface area contributed by atoms with Gasteiger partial charge in [-0.25, -0.2) is 4.98 Å². The van der Waals surface area contributed by atoms with E-state index in [2.05, 4.69) is 15.4 Å². The van der Waals surface area contributed by atoms with Gasteiger partial charge >= 0.3 is 0 Å². The van der Waals surface area contributed by atoms with Crippen molar-refractivity contribution >= 4 is 17.2 Å². The molecule has 2 aromatic rings. The molecule has 90 valence electrons. The van der Waals surface area contributed by atoms with Gasteiger partial charge in [-0.05, 0) is 30.4 Å². The summed E-state index contributed by atoms with van der Waals surface area (Å²) in [5.74, 6) is 0.0103. The predicted octanol–water partition coefficient (Wildman–Crippen LogP) is 1.47. The molecule has 2 heterocycles. The molecular formula is C11H14N4OS. The molecule has 0 aromatic carbocycles. The van der Waals surface area contributed by atoms with Gasteiger partial charge in [0.2, 0.25) is 0 Å². The van der Waals surface area contributed by atoms with Crippen LogP contribution in [0.3, 0.4) is 0 Å². The van der Waals surface area contributed by atoms with Gasteiger partial charge < -0.3 is 5.32 Å². The molecule has 0 aliphatic heterocycles. The maximum atomic E-state index is 11.8. The zero-order chi connectivity index (χ0) is 12.1. The van der Waals surface area contributed by atoms with Gasteiger partial charge in [0.15, 0.2) is 0 Å². The Balaban J connectivity index is 1.72. The molecule has 1 N–H and O–H groups in total. The first-order valence-corrected chi connectivity index (χ1v) is 6.30. The first-order valence-electron chi connectivity index (χ1n) is 5.42. The number of amides is 1. The molecule has 5 nitrogen and oxygen atoms in total. The molecule has 2 rings (SSSR count). The minimum Gasteiger partial charge on any atom is -0.351 e. The standard InChI is InChI=1S/C11H14N4OS/c1-9-3-6-17-10(9)11(16)13-4-2-5-15-8-12-7-14-15/h3,6-8H,2,4-5H2,1H3,(H,13,16). The fraction of sp³-hybridized carbons (Fsp3) is 0.364. The SMILES string of the molecule is Cc1ccsc1C(=O)NCCCn1cncn1. The van der Waals surface area contributed by atoms with Gasteiger partial charge in [0.05, 0.1) is 4.88 Å². The molecule has 0 unspecified atom stereocenters. The van der Waals surface area contributed by atoms with Gasteiger partial charge in [-0.15, -0.1) is 11.3 Å². The lowest BCUT2D eigenvalue weighted by molar-refractivity contribution is 0.0956. The number of nitrogens with zero attached hydrogens (tertiary/aromatic N) is 3. The molecule has 0 atom stereocenters. The van der Waals surface area contributed by atoms with Crippen molar-refractivity contribution < 1.29 is 4.79 Å². The minimum atomic E-state index is 0.0103. The Morgan fingerprint density at radius 2 is 2.47 bits per heavy atom. The van der Waals surface area contributed by atoms with E-state index < -0.39 is 0 Å². The molecule has 0 aliphatic carbocycles. The van der Waals surface area contributed by atoms with Crippen molar-refractivity contribution in [2.45, 2.75) is 19.9 Å². The van der Waals surface area contributed by atoms with E-state index in [-0.39, 0.29) is 5.91 Å². The average molecular weight is 250 g/mol. The molecule has 0 saturated heterocycles.